The minimum atomic E-state index is -4.96. The average Bonchev–Trinajstić information content (AvgIpc) is 2.92. The molecule has 0 aliphatic heterocycles. The Kier molecular flexibility index (Phi) is 5.14. The minimum Gasteiger partial charge on any atom is -0.374 e. The van der Waals surface area contributed by atoms with Gasteiger partial charge in [0.25, 0.3) is 5.91 Å². The van der Waals surface area contributed by atoms with Crippen molar-refractivity contribution in [3.63, 3.8) is 0 Å². The Labute approximate surface area is 140 Å². The van der Waals surface area contributed by atoms with Gasteiger partial charge in [-0.1, -0.05) is 11.6 Å². The Bertz CT molecular complexity index is 735. The molecular weight excluding hydrogens is 349 g/mol. The number of imidazole rings is 1. The van der Waals surface area contributed by atoms with E-state index in [2.05, 4.69) is 15.3 Å². The molecule has 2 heterocycles. The second-order valence-corrected chi connectivity index (χ2v) is 5.49. The third kappa shape index (κ3) is 3.51. The monoisotopic (exact) mass is 362 g/mol. The number of amides is 1. The molecule has 0 radical (unpaired) electrons. The molecule has 1 atom stereocenters. The van der Waals surface area contributed by atoms with Crippen molar-refractivity contribution in [2.45, 2.75) is 18.2 Å². The number of carbonyl (C=O) groups is 1. The van der Waals surface area contributed by atoms with Crippen molar-refractivity contribution in [3.05, 3.63) is 47.3 Å². The molecule has 0 saturated heterocycles. The van der Waals surface area contributed by atoms with E-state index < -0.39 is 36.5 Å². The van der Waals surface area contributed by atoms with Gasteiger partial charge in [-0.25, -0.2) is 4.98 Å². The van der Waals surface area contributed by atoms with Crippen molar-refractivity contribution in [3.8, 4) is 0 Å². The van der Waals surface area contributed by atoms with E-state index in [4.69, 9.17) is 11.6 Å². The SMILES string of the molecule is Cn1ccnc1[C@@](O)(CCNC(=O)c1cnccc1Cl)C(F)(F)F. The van der Waals surface area contributed by atoms with Gasteiger partial charge in [0.1, 0.15) is 5.82 Å². The van der Waals surface area contributed by atoms with Crippen LogP contribution in [0.1, 0.15) is 22.6 Å². The van der Waals surface area contributed by atoms with Crippen molar-refractivity contribution in [2.24, 2.45) is 7.05 Å². The number of aliphatic hydroxyl groups is 1. The third-order valence-electron chi connectivity index (χ3n) is 3.44. The highest BCUT2D eigenvalue weighted by Crippen LogP contribution is 2.40. The first-order chi connectivity index (χ1) is 11.2. The van der Waals surface area contributed by atoms with E-state index >= 15 is 0 Å². The maximum atomic E-state index is 13.3. The van der Waals surface area contributed by atoms with Crippen molar-refractivity contribution in [1.29, 1.82) is 0 Å². The number of nitrogens with one attached hydrogen (secondary N) is 1. The number of hydrogen-bond acceptors (Lipinski definition) is 4. The van der Waals surface area contributed by atoms with E-state index in [0.29, 0.717) is 0 Å². The van der Waals surface area contributed by atoms with E-state index in [1.165, 1.54) is 31.7 Å². The van der Waals surface area contributed by atoms with Crippen LogP contribution >= 0.6 is 11.6 Å². The summed E-state index contributed by atoms with van der Waals surface area (Å²) in [6.45, 7) is -0.438. The summed E-state index contributed by atoms with van der Waals surface area (Å²) in [5.41, 5.74) is -3.15. The topological polar surface area (TPSA) is 80.0 Å². The molecule has 0 aromatic carbocycles. The zero-order chi connectivity index (χ0) is 18.0. The second-order valence-electron chi connectivity index (χ2n) is 5.08. The van der Waals surface area contributed by atoms with E-state index in [9.17, 15) is 23.1 Å². The summed E-state index contributed by atoms with van der Waals surface area (Å²) in [5, 5.41) is 12.5. The summed E-state index contributed by atoms with van der Waals surface area (Å²) in [5.74, 6) is -1.24. The highest BCUT2D eigenvalue weighted by molar-refractivity contribution is 6.33. The van der Waals surface area contributed by atoms with Gasteiger partial charge >= 0.3 is 6.18 Å². The van der Waals surface area contributed by atoms with Crippen LogP contribution < -0.4 is 5.32 Å². The quantitative estimate of drug-likeness (QED) is 0.853. The van der Waals surface area contributed by atoms with Gasteiger partial charge in [-0.2, -0.15) is 13.2 Å². The number of carbonyl (C=O) groups excluding carboxylic acids is 1. The van der Waals surface area contributed by atoms with Crippen LogP contribution in [0.15, 0.2) is 30.9 Å². The number of aromatic nitrogens is 3. The lowest BCUT2D eigenvalue weighted by Gasteiger charge is -2.30. The molecule has 1 amide bonds. The maximum Gasteiger partial charge on any atom is 0.424 e. The predicted octanol–water partition coefficient (Wildman–Crippen LogP) is 2.04. The van der Waals surface area contributed by atoms with Crippen LogP contribution in [0, 0.1) is 0 Å². The molecular formula is C14H14ClF3N4O2. The first kappa shape index (κ1) is 18.2. The second kappa shape index (κ2) is 6.78. The first-order valence-corrected chi connectivity index (χ1v) is 7.19. The molecule has 0 unspecified atom stereocenters. The lowest BCUT2D eigenvalue weighted by atomic mass is 9.97. The number of rotatable bonds is 5. The van der Waals surface area contributed by atoms with Gasteiger partial charge in [0, 0.05) is 44.8 Å². The third-order valence-corrected chi connectivity index (χ3v) is 3.77. The number of alkyl halides is 3. The predicted molar refractivity (Wildman–Crippen MR) is 79.4 cm³/mol. The fourth-order valence-electron chi connectivity index (χ4n) is 2.14. The lowest BCUT2D eigenvalue weighted by molar-refractivity contribution is -0.272. The summed E-state index contributed by atoms with van der Waals surface area (Å²) >= 11 is 5.82. The molecule has 0 fully saturated rings. The Morgan fingerprint density at radius 1 is 1.42 bits per heavy atom. The fraction of sp³-hybridized carbons (Fsp3) is 0.357. The molecule has 0 bridgehead atoms. The first-order valence-electron chi connectivity index (χ1n) is 6.81. The summed E-state index contributed by atoms with van der Waals surface area (Å²) in [7, 11) is 1.34. The molecule has 130 valence electrons. The number of aryl methyl sites for hydroxylation is 1. The van der Waals surface area contributed by atoms with Crippen LogP contribution in [0.3, 0.4) is 0 Å². The van der Waals surface area contributed by atoms with Crippen molar-refractivity contribution >= 4 is 17.5 Å². The van der Waals surface area contributed by atoms with Crippen LogP contribution in [-0.2, 0) is 12.6 Å². The zero-order valence-corrected chi connectivity index (χ0v) is 13.3. The van der Waals surface area contributed by atoms with Gasteiger partial charge in [0.15, 0.2) is 0 Å². The standard InChI is InChI=1S/C14H14ClF3N4O2/c1-22-7-6-21-12(22)13(24,14(16,17)18)3-5-20-11(23)9-8-19-4-2-10(9)15/h2,4,6-8,24H,3,5H2,1H3,(H,20,23)/t13-/m0/s1. The van der Waals surface area contributed by atoms with Crippen molar-refractivity contribution in [2.75, 3.05) is 6.54 Å². The van der Waals surface area contributed by atoms with Gasteiger partial charge in [-0.3, -0.25) is 9.78 Å². The molecule has 2 aromatic rings. The molecule has 0 saturated carbocycles. The molecule has 0 spiro atoms. The maximum absolute atomic E-state index is 13.3. The summed E-state index contributed by atoms with van der Waals surface area (Å²) in [6, 6.07) is 1.39. The van der Waals surface area contributed by atoms with Gasteiger partial charge < -0.3 is 15.0 Å². The van der Waals surface area contributed by atoms with E-state index in [1.54, 1.807) is 0 Å². The molecule has 2 N–H and O–H groups in total. The lowest BCUT2D eigenvalue weighted by Crippen LogP contribution is -2.46. The van der Waals surface area contributed by atoms with E-state index in [1.807, 2.05) is 0 Å². The van der Waals surface area contributed by atoms with Crippen molar-refractivity contribution < 1.29 is 23.1 Å². The fourth-order valence-corrected chi connectivity index (χ4v) is 2.33. The summed E-state index contributed by atoms with van der Waals surface area (Å²) in [4.78, 5) is 19.2. The Hall–Kier alpha value is -2.13. The van der Waals surface area contributed by atoms with Gasteiger partial charge in [0.05, 0.1) is 10.6 Å². The zero-order valence-electron chi connectivity index (χ0n) is 12.5. The number of pyridine rings is 1. The highest BCUT2D eigenvalue weighted by Gasteiger charge is 2.57. The normalized spacial score (nSPS) is 14.2. The Balaban J connectivity index is 2.11. The number of hydrogen-bond donors (Lipinski definition) is 2. The molecule has 0 aliphatic carbocycles. The summed E-state index contributed by atoms with van der Waals surface area (Å²) in [6.07, 6.45) is -0.733. The van der Waals surface area contributed by atoms with E-state index in [0.717, 1.165) is 10.8 Å². The van der Waals surface area contributed by atoms with E-state index in [-0.39, 0.29) is 10.6 Å². The Morgan fingerprint density at radius 3 is 2.67 bits per heavy atom. The smallest absolute Gasteiger partial charge is 0.374 e. The van der Waals surface area contributed by atoms with Gasteiger partial charge in [0.2, 0.25) is 5.60 Å². The number of nitrogens with zero attached hydrogens (tertiary/aromatic N) is 3. The molecule has 2 aromatic heterocycles. The minimum absolute atomic E-state index is 0.0340. The highest BCUT2D eigenvalue weighted by atomic mass is 35.5. The molecule has 0 aliphatic rings. The Morgan fingerprint density at radius 2 is 2.12 bits per heavy atom. The summed E-state index contributed by atoms with van der Waals surface area (Å²) < 4.78 is 41.0. The molecule has 6 nitrogen and oxygen atoms in total. The van der Waals surface area contributed by atoms with Crippen LogP contribution in [0.25, 0.3) is 0 Å². The van der Waals surface area contributed by atoms with Crippen LogP contribution in [-0.4, -0.2) is 38.3 Å². The van der Waals surface area contributed by atoms with Crippen LogP contribution in [0.2, 0.25) is 5.02 Å². The molecule has 2 rings (SSSR count). The largest absolute Gasteiger partial charge is 0.424 e. The van der Waals surface area contributed by atoms with Gasteiger partial charge in [-0.15, -0.1) is 0 Å². The molecule has 24 heavy (non-hydrogen) atoms. The van der Waals surface area contributed by atoms with Crippen LogP contribution in [0.5, 0.6) is 0 Å². The molecule has 10 heteroatoms. The van der Waals surface area contributed by atoms with Crippen LogP contribution in [0.4, 0.5) is 13.2 Å². The average molecular weight is 363 g/mol. The number of halogens is 4. The van der Waals surface area contributed by atoms with Crippen molar-refractivity contribution in [1.82, 2.24) is 19.9 Å². The van der Waals surface area contributed by atoms with Gasteiger partial charge in [-0.05, 0) is 6.07 Å².